The summed E-state index contributed by atoms with van der Waals surface area (Å²) in [6, 6.07) is 4.11. The fourth-order valence-corrected chi connectivity index (χ4v) is 1.68. The Balaban J connectivity index is 2.01. The summed E-state index contributed by atoms with van der Waals surface area (Å²) in [4.78, 5) is 0. The van der Waals surface area contributed by atoms with Gasteiger partial charge in [-0.25, -0.2) is 4.39 Å². The number of anilines is 2. The minimum Gasteiger partial charge on any atom is -0.397 e. The van der Waals surface area contributed by atoms with Crippen LogP contribution < -0.4 is 11.1 Å². The second-order valence-electron chi connectivity index (χ2n) is 4.11. The molecule has 0 aliphatic carbocycles. The zero-order valence-electron chi connectivity index (χ0n) is 8.87. The molecule has 0 amide bonds. The molecule has 16 heavy (non-hydrogen) atoms. The molecule has 0 aromatic heterocycles. The van der Waals surface area contributed by atoms with Gasteiger partial charge >= 0.3 is 0 Å². The monoisotopic (exact) mass is 226 g/mol. The summed E-state index contributed by atoms with van der Waals surface area (Å²) >= 11 is 0. The van der Waals surface area contributed by atoms with Gasteiger partial charge in [-0.2, -0.15) is 0 Å². The van der Waals surface area contributed by atoms with Gasteiger partial charge in [-0.3, -0.25) is 0 Å². The number of ether oxygens (including phenoxy) is 1. The van der Waals surface area contributed by atoms with E-state index in [9.17, 15) is 9.50 Å². The zero-order valence-corrected chi connectivity index (χ0v) is 8.87. The van der Waals surface area contributed by atoms with Gasteiger partial charge in [0.15, 0.2) is 0 Å². The Hall–Kier alpha value is -1.33. The average molecular weight is 226 g/mol. The number of halogens is 1. The van der Waals surface area contributed by atoms with Crippen LogP contribution in [0.15, 0.2) is 18.2 Å². The summed E-state index contributed by atoms with van der Waals surface area (Å²) in [6.07, 6.45) is 0.579. The largest absolute Gasteiger partial charge is 0.397 e. The third kappa shape index (κ3) is 2.43. The summed E-state index contributed by atoms with van der Waals surface area (Å²) in [5.74, 6) is -0.355. The molecule has 1 aliphatic heterocycles. The normalized spacial score (nSPS) is 24.6. The number of nitrogens with two attached hydrogens (primary N) is 1. The minimum atomic E-state index is -0.876. The van der Waals surface area contributed by atoms with Crippen molar-refractivity contribution in [3.8, 4) is 0 Å². The lowest BCUT2D eigenvalue weighted by Crippen LogP contribution is -2.37. The summed E-state index contributed by atoms with van der Waals surface area (Å²) in [5.41, 5.74) is 5.76. The molecule has 4 nitrogen and oxygen atoms in total. The maximum atomic E-state index is 13.0. The molecule has 0 radical (unpaired) electrons. The number of hydrogen-bond donors (Lipinski definition) is 3. The van der Waals surface area contributed by atoms with E-state index in [0.717, 1.165) is 0 Å². The molecule has 88 valence electrons. The second-order valence-corrected chi connectivity index (χ2v) is 4.11. The van der Waals surface area contributed by atoms with E-state index in [-0.39, 0.29) is 5.82 Å². The molecule has 1 unspecified atom stereocenters. The van der Waals surface area contributed by atoms with Crippen LogP contribution in [0, 0.1) is 5.82 Å². The van der Waals surface area contributed by atoms with Crippen molar-refractivity contribution in [2.24, 2.45) is 0 Å². The highest BCUT2D eigenvalue weighted by Crippen LogP contribution is 2.23. The van der Waals surface area contributed by atoms with Gasteiger partial charge in [0.25, 0.3) is 0 Å². The first kappa shape index (κ1) is 11.2. The highest BCUT2D eigenvalue weighted by Gasteiger charge is 2.31. The van der Waals surface area contributed by atoms with Crippen molar-refractivity contribution in [2.45, 2.75) is 12.0 Å². The van der Waals surface area contributed by atoms with E-state index in [1.807, 2.05) is 0 Å². The summed E-state index contributed by atoms with van der Waals surface area (Å²) in [6.45, 7) is 1.16. The second kappa shape index (κ2) is 4.27. The molecule has 1 fully saturated rings. The highest BCUT2D eigenvalue weighted by molar-refractivity contribution is 5.65. The lowest BCUT2D eigenvalue weighted by molar-refractivity contribution is 0.0382. The number of aliphatic hydroxyl groups is 1. The van der Waals surface area contributed by atoms with E-state index >= 15 is 0 Å². The smallest absolute Gasteiger partial charge is 0.125 e. The minimum absolute atomic E-state index is 0.301. The molecule has 0 saturated carbocycles. The first-order valence-electron chi connectivity index (χ1n) is 5.18. The van der Waals surface area contributed by atoms with Gasteiger partial charge in [-0.1, -0.05) is 0 Å². The van der Waals surface area contributed by atoms with Crippen LogP contribution in [0.3, 0.4) is 0 Å². The van der Waals surface area contributed by atoms with Crippen molar-refractivity contribution in [3.05, 3.63) is 24.0 Å². The molecule has 4 N–H and O–H groups in total. The zero-order chi connectivity index (χ0) is 11.6. The molecule has 1 atom stereocenters. The fourth-order valence-electron chi connectivity index (χ4n) is 1.68. The van der Waals surface area contributed by atoms with E-state index in [1.165, 1.54) is 18.2 Å². The Morgan fingerprint density at radius 2 is 2.38 bits per heavy atom. The summed E-state index contributed by atoms with van der Waals surface area (Å²) in [5, 5.41) is 12.9. The van der Waals surface area contributed by atoms with Crippen LogP contribution in [-0.2, 0) is 4.74 Å². The third-order valence-corrected chi connectivity index (χ3v) is 2.71. The standard InChI is InChI=1S/C11H15FN2O2/c12-8-1-2-9(13)10(5-8)14-6-11(15)3-4-16-7-11/h1-2,5,14-15H,3-4,6-7,13H2. The number of hydrogen-bond acceptors (Lipinski definition) is 4. The van der Waals surface area contributed by atoms with Gasteiger partial charge < -0.3 is 20.9 Å². The van der Waals surface area contributed by atoms with E-state index in [0.29, 0.717) is 37.6 Å². The number of rotatable bonds is 3. The maximum absolute atomic E-state index is 13.0. The van der Waals surface area contributed by atoms with Crippen LogP contribution in [0.1, 0.15) is 6.42 Å². The Morgan fingerprint density at radius 1 is 1.56 bits per heavy atom. The molecule has 5 heteroatoms. The van der Waals surface area contributed by atoms with E-state index in [4.69, 9.17) is 10.5 Å². The first-order valence-corrected chi connectivity index (χ1v) is 5.18. The molecule has 1 heterocycles. The van der Waals surface area contributed by atoms with Gasteiger partial charge in [-0.05, 0) is 18.2 Å². The Kier molecular flexibility index (Phi) is 2.98. The van der Waals surface area contributed by atoms with Crippen LogP contribution >= 0.6 is 0 Å². The quantitative estimate of drug-likeness (QED) is 0.672. The van der Waals surface area contributed by atoms with Gasteiger partial charge in [0.1, 0.15) is 11.4 Å². The van der Waals surface area contributed by atoms with Gasteiger partial charge in [-0.15, -0.1) is 0 Å². The number of nitrogens with one attached hydrogen (secondary N) is 1. The summed E-state index contributed by atoms with van der Waals surface area (Å²) < 4.78 is 18.1. The lowest BCUT2D eigenvalue weighted by atomic mass is 10.0. The SMILES string of the molecule is Nc1ccc(F)cc1NCC1(O)CCOC1. The molecule has 2 rings (SSSR count). The molecule has 1 aromatic rings. The Bertz CT molecular complexity index is 378. The van der Waals surface area contributed by atoms with Crippen LogP contribution in [0.2, 0.25) is 0 Å². The van der Waals surface area contributed by atoms with Crippen molar-refractivity contribution < 1.29 is 14.2 Å². The lowest BCUT2D eigenvalue weighted by Gasteiger charge is -2.21. The molecule has 1 aromatic carbocycles. The fraction of sp³-hybridized carbons (Fsp3) is 0.455. The van der Waals surface area contributed by atoms with Crippen LogP contribution in [0.4, 0.5) is 15.8 Å². The maximum Gasteiger partial charge on any atom is 0.125 e. The van der Waals surface area contributed by atoms with Crippen molar-refractivity contribution in [3.63, 3.8) is 0 Å². The van der Waals surface area contributed by atoms with E-state index in [2.05, 4.69) is 5.32 Å². The molecular formula is C11H15FN2O2. The van der Waals surface area contributed by atoms with Crippen LogP contribution in [0.5, 0.6) is 0 Å². The van der Waals surface area contributed by atoms with E-state index < -0.39 is 5.60 Å². The average Bonchev–Trinajstić information content (AvgIpc) is 2.67. The third-order valence-electron chi connectivity index (χ3n) is 2.71. The predicted octanol–water partition coefficient (Wildman–Crippen LogP) is 0.971. The first-order chi connectivity index (χ1) is 7.59. The molecule has 1 saturated heterocycles. The summed E-state index contributed by atoms with van der Waals surface area (Å²) in [7, 11) is 0. The molecule has 0 bridgehead atoms. The molecular weight excluding hydrogens is 211 g/mol. The van der Waals surface area contributed by atoms with Crippen molar-refractivity contribution >= 4 is 11.4 Å². The van der Waals surface area contributed by atoms with Crippen LogP contribution in [0.25, 0.3) is 0 Å². The Morgan fingerprint density at radius 3 is 3.06 bits per heavy atom. The highest BCUT2D eigenvalue weighted by atomic mass is 19.1. The topological polar surface area (TPSA) is 67.5 Å². The predicted molar refractivity (Wildman–Crippen MR) is 59.7 cm³/mol. The van der Waals surface area contributed by atoms with Gasteiger partial charge in [0.2, 0.25) is 0 Å². The number of nitrogen functional groups attached to an aromatic ring is 1. The van der Waals surface area contributed by atoms with Crippen molar-refractivity contribution in [2.75, 3.05) is 30.8 Å². The van der Waals surface area contributed by atoms with Gasteiger partial charge in [0, 0.05) is 19.6 Å². The van der Waals surface area contributed by atoms with Gasteiger partial charge in [0.05, 0.1) is 18.0 Å². The van der Waals surface area contributed by atoms with Crippen molar-refractivity contribution in [1.29, 1.82) is 0 Å². The van der Waals surface area contributed by atoms with E-state index in [1.54, 1.807) is 0 Å². The Labute approximate surface area is 93.2 Å². The number of benzene rings is 1. The molecule has 1 aliphatic rings. The van der Waals surface area contributed by atoms with Crippen LogP contribution in [-0.4, -0.2) is 30.5 Å². The molecule has 0 spiro atoms. The van der Waals surface area contributed by atoms with Crippen molar-refractivity contribution in [1.82, 2.24) is 0 Å².